The standard InChI is InChI=1S/C7H2Cl4O/c8-4-2-1-3(7(11)12)5(9)6(4)10/h1-2H. The average molecular weight is 244 g/mol. The van der Waals surface area contributed by atoms with E-state index in [0.29, 0.717) is 5.02 Å². The van der Waals surface area contributed by atoms with Crippen LogP contribution in [-0.4, -0.2) is 5.24 Å². The lowest BCUT2D eigenvalue weighted by atomic mass is 10.2. The molecule has 0 atom stereocenters. The van der Waals surface area contributed by atoms with Crippen LogP contribution in [0.25, 0.3) is 0 Å². The average Bonchev–Trinajstić information content (AvgIpc) is 2.00. The molecule has 0 heterocycles. The highest BCUT2D eigenvalue weighted by molar-refractivity contribution is 6.69. The van der Waals surface area contributed by atoms with Crippen LogP contribution in [0.1, 0.15) is 10.4 Å². The van der Waals surface area contributed by atoms with E-state index in [4.69, 9.17) is 46.4 Å². The van der Waals surface area contributed by atoms with E-state index in [1.807, 2.05) is 0 Å². The van der Waals surface area contributed by atoms with E-state index in [0.717, 1.165) is 0 Å². The highest BCUT2D eigenvalue weighted by Gasteiger charge is 2.12. The summed E-state index contributed by atoms with van der Waals surface area (Å²) in [6.07, 6.45) is 0. The predicted octanol–water partition coefficient (Wildman–Crippen LogP) is 4.03. The van der Waals surface area contributed by atoms with E-state index in [1.165, 1.54) is 12.1 Å². The fourth-order valence-electron chi connectivity index (χ4n) is 0.678. The topological polar surface area (TPSA) is 17.1 Å². The molecule has 0 N–H and O–H groups in total. The van der Waals surface area contributed by atoms with Crippen molar-refractivity contribution >= 4 is 51.6 Å². The van der Waals surface area contributed by atoms with Crippen LogP contribution in [0.3, 0.4) is 0 Å². The Labute approximate surface area is 89.2 Å². The lowest BCUT2D eigenvalue weighted by molar-refractivity contribution is 0.108. The van der Waals surface area contributed by atoms with Crippen molar-refractivity contribution in [1.29, 1.82) is 0 Å². The third-order valence-electron chi connectivity index (χ3n) is 1.25. The van der Waals surface area contributed by atoms with E-state index < -0.39 is 5.24 Å². The number of hydrogen-bond donors (Lipinski definition) is 0. The van der Waals surface area contributed by atoms with Crippen molar-refractivity contribution in [1.82, 2.24) is 0 Å². The normalized spacial score (nSPS) is 10.0. The first-order valence-corrected chi connectivity index (χ1v) is 4.38. The van der Waals surface area contributed by atoms with Crippen LogP contribution < -0.4 is 0 Å². The van der Waals surface area contributed by atoms with Crippen LogP contribution in [0.5, 0.6) is 0 Å². The fraction of sp³-hybridized carbons (Fsp3) is 0. The smallest absolute Gasteiger partial charge is 0.253 e. The molecule has 1 nitrogen and oxygen atoms in total. The fourth-order valence-corrected chi connectivity index (χ4v) is 1.50. The lowest BCUT2D eigenvalue weighted by Crippen LogP contribution is -1.90. The van der Waals surface area contributed by atoms with Crippen LogP contribution in [0.2, 0.25) is 15.1 Å². The van der Waals surface area contributed by atoms with Gasteiger partial charge in [0, 0.05) is 0 Å². The summed E-state index contributed by atoms with van der Waals surface area (Å²) in [5.41, 5.74) is 0.160. The molecule has 1 aromatic rings. The maximum Gasteiger partial charge on any atom is 0.253 e. The van der Waals surface area contributed by atoms with Crippen LogP contribution in [0.4, 0.5) is 0 Å². The van der Waals surface area contributed by atoms with Crippen LogP contribution in [0, 0.1) is 0 Å². The van der Waals surface area contributed by atoms with Crippen LogP contribution in [-0.2, 0) is 0 Å². The van der Waals surface area contributed by atoms with Crippen molar-refractivity contribution in [3.63, 3.8) is 0 Å². The zero-order valence-corrected chi connectivity index (χ0v) is 8.60. The molecular weight excluding hydrogens is 242 g/mol. The molecule has 0 bridgehead atoms. The van der Waals surface area contributed by atoms with Crippen molar-refractivity contribution in [3.05, 3.63) is 32.8 Å². The van der Waals surface area contributed by atoms with E-state index in [9.17, 15) is 4.79 Å². The van der Waals surface area contributed by atoms with Gasteiger partial charge >= 0.3 is 0 Å². The number of benzene rings is 1. The van der Waals surface area contributed by atoms with Gasteiger partial charge in [-0.15, -0.1) is 0 Å². The Balaban J connectivity index is 3.36. The van der Waals surface area contributed by atoms with Gasteiger partial charge in [-0.05, 0) is 23.7 Å². The first kappa shape index (κ1) is 10.1. The Morgan fingerprint density at radius 3 is 2.17 bits per heavy atom. The van der Waals surface area contributed by atoms with Crippen molar-refractivity contribution in [2.45, 2.75) is 0 Å². The number of carbonyl (C=O) groups is 1. The van der Waals surface area contributed by atoms with Gasteiger partial charge in [0.25, 0.3) is 5.24 Å². The largest absolute Gasteiger partial charge is 0.276 e. The molecule has 5 heteroatoms. The number of carbonyl (C=O) groups excluding carboxylic acids is 1. The minimum atomic E-state index is -0.654. The van der Waals surface area contributed by atoms with Gasteiger partial charge in [0.1, 0.15) is 0 Å². The molecule has 0 saturated carbocycles. The summed E-state index contributed by atoms with van der Waals surface area (Å²) in [4.78, 5) is 10.7. The van der Waals surface area contributed by atoms with Gasteiger partial charge in [0.15, 0.2) is 0 Å². The van der Waals surface area contributed by atoms with Gasteiger partial charge in [0.2, 0.25) is 0 Å². The molecule has 0 amide bonds. The third kappa shape index (κ3) is 1.86. The molecule has 0 aromatic heterocycles. The van der Waals surface area contributed by atoms with Gasteiger partial charge in [-0.2, -0.15) is 0 Å². The molecule has 1 aromatic carbocycles. The second kappa shape index (κ2) is 3.84. The Morgan fingerprint density at radius 2 is 1.67 bits per heavy atom. The first-order valence-electron chi connectivity index (χ1n) is 2.87. The van der Waals surface area contributed by atoms with Gasteiger partial charge < -0.3 is 0 Å². The molecule has 0 aliphatic rings. The summed E-state index contributed by atoms with van der Waals surface area (Å²) in [6, 6.07) is 2.89. The SMILES string of the molecule is O=C(Cl)c1ccc(Cl)c(Cl)c1Cl. The lowest BCUT2D eigenvalue weighted by Gasteiger charge is -2.01. The summed E-state index contributed by atoms with van der Waals surface area (Å²) in [5.74, 6) is 0. The summed E-state index contributed by atoms with van der Waals surface area (Å²) < 4.78 is 0. The predicted molar refractivity (Wildman–Crippen MR) is 51.7 cm³/mol. The Hall–Kier alpha value is 0.0500. The minimum Gasteiger partial charge on any atom is -0.276 e. The van der Waals surface area contributed by atoms with Gasteiger partial charge in [0.05, 0.1) is 20.6 Å². The van der Waals surface area contributed by atoms with Gasteiger partial charge in [-0.3, -0.25) is 4.79 Å². The molecule has 0 saturated heterocycles. The maximum atomic E-state index is 10.7. The number of hydrogen-bond acceptors (Lipinski definition) is 1. The summed E-state index contributed by atoms with van der Waals surface area (Å²) in [7, 11) is 0. The highest BCUT2D eigenvalue weighted by Crippen LogP contribution is 2.33. The molecule has 0 fully saturated rings. The highest BCUT2D eigenvalue weighted by atomic mass is 35.5. The zero-order chi connectivity index (χ0) is 9.30. The molecule has 0 radical (unpaired) electrons. The molecule has 0 aliphatic heterocycles. The summed E-state index contributed by atoms with van der Waals surface area (Å²) in [6.45, 7) is 0. The quantitative estimate of drug-likeness (QED) is 0.538. The molecule has 64 valence electrons. The first-order chi connectivity index (χ1) is 5.54. The summed E-state index contributed by atoms with van der Waals surface area (Å²) in [5, 5.41) is -0.129. The van der Waals surface area contributed by atoms with Crippen molar-refractivity contribution in [2.24, 2.45) is 0 Å². The van der Waals surface area contributed by atoms with Crippen LogP contribution in [0.15, 0.2) is 12.1 Å². The van der Waals surface area contributed by atoms with Gasteiger partial charge in [-0.25, -0.2) is 0 Å². The molecule has 0 aliphatic carbocycles. The van der Waals surface area contributed by atoms with Crippen molar-refractivity contribution < 1.29 is 4.79 Å². The second-order valence-corrected chi connectivity index (χ2v) is 3.50. The van der Waals surface area contributed by atoms with E-state index in [2.05, 4.69) is 0 Å². The minimum absolute atomic E-state index is 0.0872. The second-order valence-electron chi connectivity index (χ2n) is 2.00. The zero-order valence-electron chi connectivity index (χ0n) is 5.57. The molecule has 0 spiro atoms. The molecule has 12 heavy (non-hydrogen) atoms. The maximum absolute atomic E-state index is 10.7. The number of halogens is 4. The third-order valence-corrected chi connectivity index (χ3v) is 2.74. The van der Waals surface area contributed by atoms with E-state index >= 15 is 0 Å². The van der Waals surface area contributed by atoms with E-state index in [-0.39, 0.29) is 15.6 Å². The molecular formula is C7H2Cl4O. The molecule has 0 unspecified atom stereocenters. The number of rotatable bonds is 1. The Morgan fingerprint density at radius 1 is 1.08 bits per heavy atom. The van der Waals surface area contributed by atoms with Crippen molar-refractivity contribution in [3.8, 4) is 0 Å². The summed E-state index contributed by atoms with van der Waals surface area (Å²) >= 11 is 22.2. The van der Waals surface area contributed by atoms with Crippen molar-refractivity contribution in [2.75, 3.05) is 0 Å². The van der Waals surface area contributed by atoms with Gasteiger partial charge in [-0.1, -0.05) is 34.8 Å². The van der Waals surface area contributed by atoms with E-state index in [1.54, 1.807) is 0 Å². The molecule has 1 rings (SSSR count). The Kier molecular flexibility index (Phi) is 3.24. The van der Waals surface area contributed by atoms with Crippen LogP contribution >= 0.6 is 46.4 Å². The Bertz CT molecular complexity index is 334. The monoisotopic (exact) mass is 242 g/mol.